The molecule has 0 atom stereocenters. The van der Waals surface area contributed by atoms with Crippen molar-refractivity contribution < 1.29 is 23.5 Å². The van der Waals surface area contributed by atoms with E-state index in [0.717, 1.165) is 12.8 Å². The Morgan fingerprint density at radius 1 is 1.24 bits per heavy atom. The number of hydrogen-bond donors (Lipinski definition) is 2. The van der Waals surface area contributed by atoms with Crippen LogP contribution in [0.15, 0.2) is 34.9 Å². The highest BCUT2D eigenvalue weighted by atomic mass is 16.5. The Morgan fingerprint density at radius 2 is 2.04 bits per heavy atom. The first kappa shape index (κ1) is 16.9. The molecule has 1 heterocycles. The van der Waals surface area contributed by atoms with E-state index in [0.29, 0.717) is 28.5 Å². The number of hydrogen-bond acceptors (Lipinski definition) is 5. The molecule has 132 valence electrons. The van der Waals surface area contributed by atoms with E-state index >= 15 is 0 Å². The number of anilines is 1. The Kier molecular flexibility index (Phi) is 4.92. The minimum absolute atomic E-state index is 0.106. The van der Waals surface area contributed by atoms with E-state index in [1.165, 1.54) is 13.4 Å². The van der Waals surface area contributed by atoms with Gasteiger partial charge in [0.1, 0.15) is 5.76 Å². The number of rotatable bonds is 7. The fourth-order valence-corrected chi connectivity index (χ4v) is 2.33. The van der Waals surface area contributed by atoms with Crippen molar-refractivity contribution in [3.63, 3.8) is 0 Å². The first-order valence-corrected chi connectivity index (χ1v) is 8.02. The van der Waals surface area contributed by atoms with Gasteiger partial charge < -0.3 is 24.5 Å². The molecule has 3 rings (SSSR count). The highest BCUT2D eigenvalue weighted by molar-refractivity contribution is 6.05. The average molecular weight is 344 g/mol. The lowest BCUT2D eigenvalue weighted by Crippen LogP contribution is -2.30. The summed E-state index contributed by atoms with van der Waals surface area (Å²) in [6.07, 6.45) is 3.50. The molecule has 7 heteroatoms. The average Bonchev–Trinajstić information content (AvgIpc) is 3.30. The third kappa shape index (κ3) is 4.32. The van der Waals surface area contributed by atoms with Gasteiger partial charge >= 0.3 is 0 Å². The van der Waals surface area contributed by atoms with E-state index in [4.69, 9.17) is 13.9 Å². The van der Waals surface area contributed by atoms with Crippen LogP contribution in [-0.2, 0) is 4.79 Å². The van der Waals surface area contributed by atoms with Crippen LogP contribution in [0.5, 0.6) is 11.5 Å². The van der Waals surface area contributed by atoms with Gasteiger partial charge in [-0.25, -0.2) is 0 Å². The van der Waals surface area contributed by atoms with Crippen molar-refractivity contribution in [2.45, 2.75) is 25.8 Å². The number of ether oxygens (including phenoxy) is 2. The molecular formula is C18H20N2O5. The molecule has 2 N–H and O–H groups in total. The van der Waals surface area contributed by atoms with Crippen molar-refractivity contribution in [1.82, 2.24) is 5.32 Å². The number of nitrogens with one attached hydrogen (secondary N) is 2. The van der Waals surface area contributed by atoms with Crippen molar-refractivity contribution in [3.05, 3.63) is 41.9 Å². The molecule has 25 heavy (non-hydrogen) atoms. The Balaban J connectivity index is 1.67. The van der Waals surface area contributed by atoms with Gasteiger partial charge in [0.2, 0.25) is 0 Å². The normalized spacial score (nSPS) is 13.2. The maximum atomic E-state index is 12.2. The van der Waals surface area contributed by atoms with Gasteiger partial charge in [0.05, 0.1) is 18.9 Å². The van der Waals surface area contributed by atoms with E-state index in [9.17, 15) is 9.59 Å². The van der Waals surface area contributed by atoms with E-state index in [-0.39, 0.29) is 24.5 Å². The summed E-state index contributed by atoms with van der Waals surface area (Å²) in [6.45, 7) is 1.61. The smallest absolute Gasteiger partial charge is 0.259 e. The largest absolute Gasteiger partial charge is 0.493 e. The van der Waals surface area contributed by atoms with Gasteiger partial charge in [0, 0.05) is 17.8 Å². The van der Waals surface area contributed by atoms with E-state index in [1.54, 1.807) is 31.2 Å². The molecule has 0 radical (unpaired) electrons. The molecule has 1 aromatic carbocycles. The van der Waals surface area contributed by atoms with Crippen LogP contribution in [0, 0.1) is 6.92 Å². The molecule has 2 aromatic rings. The van der Waals surface area contributed by atoms with Crippen molar-refractivity contribution in [1.29, 1.82) is 0 Å². The van der Waals surface area contributed by atoms with Crippen molar-refractivity contribution in [2.24, 2.45) is 0 Å². The topological polar surface area (TPSA) is 89.8 Å². The molecular weight excluding hydrogens is 324 g/mol. The van der Waals surface area contributed by atoms with Gasteiger partial charge in [0.15, 0.2) is 18.1 Å². The summed E-state index contributed by atoms with van der Waals surface area (Å²) in [5, 5.41) is 5.62. The summed E-state index contributed by atoms with van der Waals surface area (Å²) in [6, 6.07) is 6.88. The molecule has 2 amide bonds. The number of methoxy groups -OCH3 is 1. The van der Waals surface area contributed by atoms with E-state index < -0.39 is 0 Å². The first-order chi connectivity index (χ1) is 12.1. The van der Waals surface area contributed by atoms with Gasteiger partial charge in [-0.1, -0.05) is 0 Å². The minimum Gasteiger partial charge on any atom is -0.493 e. The van der Waals surface area contributed by atoms with Gasteiger partial charge in [0.25, 0.3) is 11.8 Å². The second-order valence-corrected chi connectivity index (χ2v) is 5.84. The monoisotopic (exact) mass is 344 g/mol. The van der Waals surface area contributed by atoms with E-state index in [2.05, 4.69) is 10.6 Å². The molecule has 7 nitrogen and oxygen atoms in total. The zero-order chi connectivity index (χ0) is 17.8. The fourth-order valence-electron chi connectivity index (χ4n) is 2.33. The Morgan fingerprint density at radius 3 is 2.68 bits per heavy atom. The lowest BCUT2D eigenvalue weighted by Gasteiger charge is -2.13. The molecule has 1 fully saturated rings. The standard InChI is InChI=1S/C18H20N2O5/c1-11-14(7-8-24-11)18(22)20-13-5-6-15(23-2)16(9-13)25-10-17(21)19-12-3-4-12/h5-9,12H,3-4,10H2,1-2H3,(H,19,21)(H,20,22). The number of aryl methyl sites for hydroxylation is 1. The zero-order valence-corrected chi connectivity index (χ0v) is 14.1. The first-order valence-electron chi connectivity index (χ1n) is 8.02. The van der Waals surface area contributed by atoms with Gasteiger partial charge in [-0.3, -0.25) is 9.59 Å². The summed E-state index contributed by atoms with van der Waals surface area (Å²) < 4.78 is 15.9. The molecule has 0 spiro atoms. The van der Waals surface area contributed by atoms with Crippen LogP contribution in [0.2, 0.25) is 0 Å². The summed E-state index contributed by atoms with van der Waals surface area (Å²) in [5.41, 5.74) is 0.992. The predicted molar refractivity (Wildman–Crippen MR) is 91.1 cm³/mol. The van der Waals surface area contributed by atoms with Crippen LogP contribution in [-0.4, -0.2) is 31.6 Å². The zero-order valence-electron chi connectivity index (χ0n) is 14.1. The maximum Gasteiger partial charge on any atom is 0.259 e. The third-order valence-corrected chi connectivity index (χ3v) is 3.83. The highest BCUT2D eigenvalue weighted by Gasteiger charge is 2.23. The summed E-state index contributed by atoms with van der Waals surface area (Å²) in [4.78, 5) is 24.0. The molecule has 0 saturated heterocycles. The van der Waals surface area contributed by atoms with Crippen LogP contribution < -0.4 is 20.1 Å². The number of amides is 2. The lowest BCUT2D eigenvalue weighted by molar-refractivity contribution is -0.123. The summed E-state index contributed by atoms with van der Waals surface area (Å²) >= 11 is 0. The second-order valence-electron chi connectivity index (χ2n) is 5.84. The Hall–Kier alpha value is -2.96. The van der Waals surface area contributed by atoms with Crippen molar-refractivity contribution >= 4 is 17.5 Å². The van der Waals surface area contributed by atoms with Gasteiger partial charge in [-0.15, -0.1) is 0 Å². The molecule has 0 unspecified atom stereocenters. The lowest BCUT2D eigenvalue weighted by atomic mass is 10.2. The molecule has 1 aliphatic rings. The van der Waals surface area contributed by atoms with Crippen molar-refractivity contribution in [2.75, 3.05) is 19.0 Å². The van der Waals surface area contributed by atoms with Crippen molar-refractivity contribution in [3.8, 4) is 11.5 Å². The van der Waals surface area contributed by atoms with Gasteiger partial charge in [-0.05, 0) is 38.0 Å². The number of carbonyl (C=O) groups is 2. The maximum absolute atomic E-state index is 12.2. The fraction of sp³-hybridized carbons (Fsp3) is 0.333. The van der Waals surface area contributed by atoms with Gasteiger partial charge in [-0.2, -0.15) is 0 Å². The Labute approximate surface area is 145 Å². The molecule has 0 bridgehead atoms. The highest BCUT2D eigenvalue weighted by Crippen LogP contribution is 2.30. The van der Waals surface area contributed by atoms with Crippen LogP contribution in [0.1, 0.15) is 29.0 Å². The number of benzene rings is 1. The van der Waals surface area contributed by atoms with Crippen LogP contribution in [0.3, 0.4) is 0 Å². The van der Waals surface area contributed by atoms with Crippen LogP contribution in [0.4, 0.5) is 5.69 Å². The molecule has 1 aliphatic carbocycles. The second kappa shape index (κ2) is 7.29. The molecule has 1 saturated carbocycles. The van der Waals surface area contributed by atoms with Crippen LogP contribution in [0.25, 0.3) is 0 Å². The Bertz CT molecular complexity index is 780. The molecule has 0 aliphatic heterocycles. The van der Waals surface area contributed by atoms with E-state index in [1.807, 2.05) is 0 Å². The third-order valence-electron chi connectivity index (χ3n) is 3.83. The van der Waals surface area contributed by atoms with Crippen LogP contribution >= 0.6 is 0 Å². The quantitative estimate of drug-likeness (QED) is 0.805. The number of carbonyl (C=O) groups excluding carboxylic acids is 2. The number of furan rings is 1. The minimum atomic E-state index is -0.283. The summed E-state index contributed by atoms with van der Waals surface area (Å²) in [5.74, 6) is 0.952. The SMILES string of the molecule is COc1ccc(NC(=O)c2ccoc2C)cc1OCC(=O)NC1CC1. The summed E-state index contributed by atoms with van der Waals surface area (Å²) in [7, 11) is 1.51. The predicted octanol–water partition coefficient (Wildman–Crippen LogP) is 2.51. The molecule has 1 aromatic heterocycles.